The number of nitrogens with two attached hydrogens (primary N) is 1. The first-order valence-corrected chi connectivity index (χ1v) is 5.13. The Balaban J connectivity index is 2.69. The fourth-order valence-electron chi connectivity index (χ4n) is 1.33. The second-order valence-corrected chi connectivity index (χ2v) is 4.14. The van der Waals surface area contributed by atoms with Crippen molar-refractivity contribution < 1.29 is 13.2 Å². The van der Waals surface area contributed by atoms with Crippen LogP contribution in [0.15, 0.2) is 18.5 Å². The molecule has 0 atom stereocenters. The molecule has 2 heterocycles. The van der Waals surface area contributed by atoms with Crippen molar-refractivity contribution in [3.63, 3.8) is 0 Å². The van der Waals surface area contributed by atoms with Crippen LogP contribution in [0.3, 0.4) is 0 Å². The zero-order valence-corrected chi connectivity index (χ0v) is 9.70. The smallest absolute Gasteiger partial charge is 0.388 e. The topological polar surface area (TPSA) is 43.3 Å². The van der Waals surface area contributed by atoms with Crippen molar-refractivity contribution >= 4 is 34.5 Å². The van der Waals surface area contributed by atoms with Crippen molar-refractivity contribution in [2.45, 2.75) is 6.18 Å². The van der Waals surface area contributed by atoms with Gasteiger partial charge in [0, 0.05) is 12.4 Å². The monoisotopic (exact) mass is 279 g/mol. The van der Waals surface area contributed by atoms with Gasteiger partial charge in [0.1, 0.15) is 10.7 Å². The molecule has 0 aliphatic carbocycles. The first kappa shape index (κ1) is 12.1. The number of thiocarbonyl (C=S) groups is 1. The molecule has 0 radical (unpaired) electrons. The van der Waals surface area contributed by atoms with E-state index in [2.05, 4.69) is 17.2 Å². The van der Waals surface area contributed by atoms with E-state index in [-0.39, 0.29) is 21.4 Å². The van der Waals surface area contributed by atoms with Crippen LogP contribution in [0.25, 0.3) is 5.65 Å². The molecule has 0 aromatic carbocycles. The van der Waals surface area contributed by atoms with Crippen LogP contribution in [-0.4, -0.2) is 14.4 Å². The van der Waals surface area contributed by atoms with Gasteiger partial charge in [-0.05, 0) is 6.07 Å². The summed E-state index contributed by atoms with van der Waals surface area (Å²) in [7, 11) is 0. The highest BCUT2D eigenvalue weighted by Gasteiger charge is 2.31. The van der Waals surface area contributed by atoms with E-state index >= 15 is 0 Å². The number of pyridine rings is 1. The maximum Gasteiger partial charge on any atom is 0.417 e. The number of alkyl halides is 3. The summed E-state index contributed by atoms with van der Waals surface area (Å²) in [6.07, 6.45) is -2.28. The number of hydrogen-bond acceptors (Lipinski definition) is 2. The van der Waals surface area contributed by atoms with E-state index < -0.39 is 11.7 Å². The normalized spacial score (nSPS) is 12.0. The van der Waals surface area contributed by atoms with Crippen LogP contribution in [0.1, 0.15) is 11.3 Å². The number of halogens is 4. The van der Waals surface area contributed by atoms with E-state index in [1.807, 2.05) is 0 Å². The molecule has 90 valence electrons. The quantitative estimate of drug-likeness (QED) is 0.816. The molecule has 2 rings (SSSR count). The van der Waals surface area contributed by atoms with Crippen molar-refractivity contribution in [3.05, 3.63) is 34.7 Å². The summed E-state index contributed by atoms with van der Waals surface area (Å²) in [4.78, 5) is 3.93. The molecular weight excluding hydrogens is 275 g/mol. The highest BCUT2D eigenvalue weighted by Crippen LogP contribution is 2.32. The maximum atomic E-state index is 12.5. The zero-order valence-electron chi connectivity index (χ0n) is 8.12. The van der Waals surface area contributed by atoms with Gasteiger partial charge in [-0.1, -0.05) is 23.8 Å². The molecule has 8 heteroatoms. The third kappa shape index (κ3) is 2.20. The third-order valence-corrected chi connectivity index (χ3v) is 2.57. The molecule has 0 saturated heterocycles. The molecule has 0 unspecified atom stereocenters. The fourth-order valence-corrected chi connectivity index (χ4v) is 1.69. The van der Waals surface area contributed by atoms with E-state index in [0.717, 1.165) is 16.7 Å². The van der Waals surface area contributed by atoms with Crippen molar-refractivity contribution in [1.82, 2.24) is 9.38 Å². The minimum absolute atomic E-state index is 0.00155. The molecule has 0 fully saturated rings. The standard InChI is InChI=1S/C9H5ClF3N3S/c10-5-1-4(9(11,12)13)2-16-3-6(7(14)17)15-8(5)16/h1-3H,(H2,14,17). The SMILES string of the molecule is NC(=S)c1cn2cc(C(F)(F)F)cc(Cl)c2n1. The van der Waals surface area contributed by atoms with E-state index in [0.29, 0.717) is 0 Å². The van der Waals surface area contributed by atoms with Crippen LogP contribution in [0.4, 0.5) is 13.2 Å². The second kappa shape index (κ2) is 3.85. The molecule has 2 aromatic heterocycles. The van der Waals surface area contributed by atoms with Gasteiger partial charge in [0.2, 0.25) is 0 Å². The van der Waals surface area contributed by atoms with E-state index in [1.54, 1.807) is 0 Å². The highest BCUT2D eigenvalue weighted by atomic mass is 35.5. The van der Waals surface area contributed by atoms with Crippen LogP contribution < -0.4 is 5.73 Å². The van der Waals surface area contributed by atoms with Gasteiger partial charge in [-0.2, -0.15) is 13.2 Å². The minimum atomic E-state index is -4.47. The summed E-state index contributed by atoms with van der Waals surface area (Å²) in [6.45, 7) is 0. The largest absolute Gasteiger partial charge is 0.417 e. The van der Waals surface area contributed by atoms with Crippen LogP contribution in [0.2, 0.25) is 5.02 Å². The molecule has 0 bridgehead atoms. The molecule has 0 saturated carbocycles. The number of fused-ring (bicyclic) bond motifs is 1. The van der Waals surface area contributed by atoms with Crippen LogP contribution >= 0.6 is 23.8 Å². The lowest BCUT2D eigenvalue weighted by molar-refractivity contribution is -0.137. The van der Waals surface area contributed by atoms with Crippen LogP contribution in [-0.2, 0) is 6.18 Å². The number of aromatic nitrogens is 2. The van der Waals surface area contributed by atoms with E-state index in [4.69, 9.17) is 17.3 Å². The third-order valence-electron chi connectivity index (χ3n) is 2.09. The molecule has 2 N–H and O–H groups in total. The fraction of sp³-hybridized carbons (Fsp3) is 0.111. The van der Waals surface area contributed by atoms with Gasteiger partial charge < -0.3 is 10.1 Å². The van der Waals surface area contributed by atoms with Gasteiger partial charge in [0.25, 0.3) is 0 Å². The maximum absolute atomic E-state index is 12.5. The summed E-state index contributed by atoms with van der Waals surface area (Å²) in [5.41, 5.74) is 4.89. The number of rotatable bonds is 1. The average molecular weight is 280 g/mol. The molecule has 0 amide bonds. The van der Waals surface area contributed by atoms with E-state index in [9.17, 15) is 13.2 Å². The van der Waals surface area contributed by atoms with Gasteiger partial charge in [0.05, 0.1) is 10.6 Å². The summed E-state index contributed by atoms with van der Waals surface area (Å²) in [5, 5.41) is -0.109. The van der Waals surface area contributed by atoms with Gasteiger partial charge in [0.15, 0.2) is 5.65 Å². The van der Waals surface area contributed by atoms with Gasteiger partial charge in [-0.25, -0.2) is 4.98 Å². The van der Waals surface area contributed by atoms with Gasteiger partial charge >= 0.3 is 6.18 Å². The minimum Gasteiger partial charge on any atom is -0.388 e. The summed E-state index contributed by atoms with van der Waals surface area (Å²) >= 11 is 10.4. The summed E-state index contributed by atoms with van der Waals surface area (Å²) in [6, 6.07) is 0.813. The number of hydrogen-bond donors (Lipinski definition) is 1. The predicted molar refractivity (Wildman–Crippen MR) is 61.1 cm³/mol. The molecular formula is C9H5ClF3N3S. The lowest BCUT2D eigenvalue weighted by Gasteiger charge is -2.07. The van der Waals surface area contributed by atoms with Crippen LogP contribution in [0, 0.1) is 0 Å². The Morgan fingerprint density at radius 2 is 2.06 bits per heavy atom. The van der Waals surface area contributed by atoms with Crippen molar-refractivity contribution in [2.24, 2.45) is 5.73 Å². The van der Waals surface area contributed by atoms with Gasteiger partial charge in [-0.15, -0.1) is 0 Å². The Morgan fingerprint density at radius 1 is 1.41 bits per heavy atom. The Labute approximate surface area is 104 Å². The molecule has 0 aliphatic heterocycles. The molecule has 3 nitrogen and oxygen atoms in total. The first-order valence-electron chi connectivity index (χ1n) is 4.34. The molecule has 0 spiro atoms. The predicted octanol–water partition coefficient (Wildman–Crippen LogP) is 2.64. The first-order chi connectivity index (χ1) is 7.79. The van der Waals surface area contributed by atoms with Crippen molar-refractivity contribution in [3.8, 4) is 0 Å². The Morgan fingerprint density at radius 3 is 2.59 bits per heavy atom. The van der Waals surface area contributed by atoms with E-state index in [1.165, 1.54) is 6.20 Å². The Kier molecular flexibility index (Phi) is 2.75. The lowest BCUT2D eigenvalue weighted by Crippen LogP contribution is -2.09. The molecule has 17 heavy (non-hydrogen) atoms. The van der Waals surface area contributed by atoms with Crippen molar-refractivity contribution in [2.75, 3.05) is 0 Å². The zero-order chi connectivity index (χ0) is 12.8. The Hall–Kier alpha value is -1.34. The van der Waals surface area contributed by atoms with Crippen LogP contribution in [0.5, 0.6) is 0 Å². The molecule has 2 aromatic rings. The lowest BCUT2D eigenvalue weighted by atomic mass is 10.3. The number of imidazole rings is 1. The van der Waals surface area contributed by atoms with Gasteiger partial charge in [-0.3, -0.25) is 0 Å². The van der Waals surface area contributed by atoms with Crippen molar-refractivity contribution in [1.29, 1.82) is 0 Å². The highest BCUT2D eigenvalue weighted by molar-refractivity contribution is 7.80. The second-order valence-electron chi connectivity index (χ2n) is 3.30. The number of nitrogens with zero attached hydrogens (tertiary/aromatic N) is 2. The Bertz CT molecular complexity index is 605. The summed E-state index contributed by atoms with van der Waals surface area (Å²) in [5.74, 6) is 0. The average Bonchev–Trinajstić information content (AvgIpc) is 2.60. The molecule has 0 aliphatic rings. The summed E-state index contributed by atoms with van der Waals surface area (Å²) < 4.78 is 38.7.